The summed E-state index contributed by atoms with van der Waals surface area (Å²) in [6, 6.07) is 15.8. The molecule has 0 aliphatic heterocycles. The van der Waals surface area contributed by atoms with E-state index in [1.54, 1.807) is 10.9 Å². The van der Waals surface area contributed by atoms with Crippen LogP contribution in [0.15, 0.2) is 65.4 Å². The maximum atomic E-state index is 10.6. The summed E-state index contributed by atoms with van der Waals surface area (Å²) in [5, 5.41) is 14.9. The van der Waals surface area contributed by atoms with E-state index < -0.39 is 6.10 Å². The normalized spacial score (nSPS) is 12.3. The molecule has 106 valence electrons. The maximum absolute atomic E-state index is 10.6. The van der Waals surface area contributed by atoms with E-state index in [9.17, 15) is 5.11 Å². The third kappa shape index (κ3) is 2.91. The summed E-state index contributed by atoms with van der Waals surface area (Å²) in [4.78, 5) is 0. The van der Waals surface area contributed by atoms with Gasteiger partial charge in [-0.1, -0.05) is 40.2 Å². The van der Waals surface area contributed by atoms with Crippen molar-refractivity contribution in [3.63, 3.8) is 0 Å². The number of para-hydroxylation sites is 1. The Hall–Kier alpha value is -1.91. The molecule has 0 fully saturated rings. The minimum Gasteiger partial charge on any atom is -0.384 e. The number of aliphatic hydroxyl groups is 1. The molecule has 2 aromatic carbocycles. The molecule has 0 bridgehead atoms. The lowest BCUT2D eigenvalue weighted by Crippen LogP contribution is -2.01. The average Bonchev–Trinajstić information content (AvgIpc) is 3.00. The van der Waals surface area contributed by atoms with Crippen molar-refractivity contribution in [2.75, 3.05) is 0 Å². The zero-order valence-electron chi connectivity index (χ0n) is 11.6. The zero-order valence-corrected chi connectivity index (χ0v) is 13.2. The van der Waals surface area contributed by atoms with Crippen LogP contribution in [0.1, 0.15) is 22.8 Å². The Bertz CT molecular complexity index is 752. The molecular formula is C17H15BrN2O. The van der Waals surface area contributed by atoms with Crippen molar-refractivity contribution in [1.82, 2.24) is 9.78 Å². The average molecular weight is 343 g/mol. The van der Waals surface area contributed by atoms with Crippen molar-refractivity contribution in [2.24, 2.45) is 0 Å². The minimum atomic E-state index is -0.681. The number of aliphatic hydroxyl groups excluding tert-OH is 1. The third-order valence-corrected chi connectivity index (χ3v) is 3.97. The second-order valence-electron chi connectivity index (χ2n) is 4.96. The highest BCUT2D eigenvalue weighted by Crippen LogP contribution is 2.27. The molecule has 0 radical (unpaired) electrons. The highest BCUT2D eigenvalue weighted by Gasteiger charge is 2.15. The van der Waals surface area contributed by atoms with Crippen LogP contribution in [-0.4, -0.2) is 14.9 Å². The molecule has 0 aliphatic rings. The fourth-order valence-corrected chi connectivity index (χ4v) is 2.66. The first-order valence-electron chi connectivity index (χ1n) is 6.69. The van der Waals surface area contributed by atoms with E-state index >= 15 is 0 Å². The van der Waals surface area contributed by atoms with Gasteiger partial charge in [-0.3, -0.25) is 0 Å². The molecule has 21 heavy (non-hydrogen) atoms. The fraction of sp³-hybridized carbons (Fsp3) is 0.118. The van der Waals surface area contributed by atoms with Crippen LogP contribution in [-0.2, 0) is 0 Å². The Kier molecular flexibility index (Phi) is 3.90. The van der Waals surface area contributed by atoms with Crippen LogP contribution in [0.5, 0.6) is 0 Å². The topological polar surface area (TPSA) is 38.1 Å². The standard InChI is InChI=1S/C17H15BrN2O/c1-12-7-8-14(18)9-16(12)17(21)13-10-19-20(11-13)15-5-3-2-4-6-15/h2-11,17,21H,1H3. The van der Waals surface area contributed by atoms with E-state index in [1.807, 2.05) is 61.7 Å². The summed E-state index contributed by atoms with van der Waals surface area (Å²) in [6.45, 7) is 1.99. The summed E-state index contributed by atoms with van der Waals surface area (Å²) >= 11 is 3.45. The lowest BCUT2D eigenvalue weighted by Gasteiger charge is -2.12. The molecular weight excluding hydrogens is 328 g/mol. The Morgan fingerprint density at radius 3 is 2.67 bits per heavy atom. The molecule has 0 spiro atoms. The van der Waals surface area contributed by atoms with Crippen LogP contribution in [0.4, 0.5) is 0 Å². The molecule has 4 heteroatoms. The van der Waals surface area contributed by atoms with Gasteiger partial charge in [-0.2, -0.15) is 5.10 Å². The Labute approximate surface area is 132 Å². The second kappa shape index (κ2) is 5.84. The molecule has 1 atom stereocenters. The van der Waals surface area contributed by atoms with Gasteiger partial charge in [0.2, 0.25) is 0 Å². The summed E-state index contributed by atoms with van der Waals surface area (Å²) < 4.78 is 2.73. The van der Waals surface area contributed by atoms with Crippen molar-refractivity contribution >= 4 is 15.9 Å². The highest BCUT2D eigenvalue weighted by molar-refractivity contribution is 9.10. The van der Waals surface area contributed by atoms with Crippen LogP contribution in [0, 0.1) is 6.92 Å². The van der Waals surface area contributed by atoms with E-state index in [0.717, 1.165) is 26.9 Å². The van der Waals surface area contributed by atoms with Crippen LogP contribution in [0.3, 0.4) is 0 Å². The Balaban J connectivity index is 1.94. The van der Waals surface area contributed by atoms with Crippen LogP contribution >= 0.6 is 15.9 Å². The lowest BCUT2D eigenvalue weighted by atomic mass is 10.00. The van der Waals surface area contributed by atoms with Crippen molar-refractivity contribution < 1.29 is 5.11 Å². The number of aromatic nitrogens is 2. The molecule has 1 N–H and O–H groups in total. The number of aryl methyl sites for hydroxylation is 1. The number of benzene rings is 2. The molecule has 0 saturated heterocycles. The van der Waals surface area contributed by atoms with Crippen LogP contribution < -0.4 is 0 Å². The van der Waals surface area contributed by atoms with Gasteiger partial charge < -0.3 is 5.11 Å². The summed E-state index contributed by atoms with van der Waals surface area (Å²) in [6.07, 6.45) is 2.89. The first-order valence-corrected chi connectivity index (χ1v) is 7.48. The molecule has 1 aromatic heterocycles. The van der Waals surface area contributed by atoms with Gasteiger partial charge in [0.05, 0.1) is 11.9 Å². The highest BCUT2D eigenvalue weighted by atomic mass is 79.9. The summed E-state index contributed by atoms with van der Waals surface area (Å²) in [7, 11) is 0. The SMILES string of the molecule is Cc1ccc(Br)cc1C(O)c1cnn(-c2ccccc2)c1. The third-order valence-electron chi connectivity index (χ3n) is 3.47. The molecule has 1 heterocycles. The van der Waals surface area contributed by atoms with Crippen molar-refractivity contribution in [2.45, 2.75) is 13.0 Å². The van der Waals surface area contributed by atoms with Crippen molar-refractivity contribution in [3.8, 4) is 5.69 Å². The number of hydrogen-bond donors (Lipinski definition) is 1. The van der Waals surface area contributed by atoms with Gasteiger partial charge in [-0.05, 0) is 42.3 Å². The number of hydrogen-bond acceptors (Lipinski definition) is 2. The van der Waals surface area contributed by atoms with Crippen LogP contribution in [0.2, 0.25) is 0 Å². The Morgan fingerprint density at radius 1 is 1.14 bits per heavy atom. The molecule has 0 aliphatic carbocycles. The van der Waals surface area contributed by atoms with Crippen LogP contribution in [0.25, 0.3) is 5.69 Å². The van der Waals surface area contributed by atoms with E-state index in [0.29, 0.717) is 0 Å². The van der Waals surface area contributed by atoms with E-state index in [-0.39, 0.29) is 0 Å². The molecule has 1 unspecified atom stereocenters. The zero-order chi connectivity index (χ0) is 14.8. The number of halogens is 1. The first-order chi connectivity index (χ1) is 10.1. The molecule has 0 amide bonds. The molecule has 3 aromatic rings. The van der Waals surface area contributed by atoms with Gasteiger partial charge in [0.25, 0.3) is 0 Å². The Morgan fingerprint density at radius 2 is 1.90 bits per heavy atom. The quantitative estimate of drug-likeness (QED) is 0.780. The number of rotatable bonds is 3. The molecule has 0 saturated carbocycles. The molecule has 3 nitrogen and oxygen atoms in total. The van der Waals surface area contributed by atoms with E-state index in [4.69, 9.17) is 0 Å². The predicted octanol–water partition coefficient (Wildman–Crippen LogP) is 4.02. The first kappa shape index (κ1) is 14.0. The molecule has 3 rings (SSSR count). The smallest absolute Gasteiger partial charge is 0.107 e. The van der Waals surface area contributed by atoms with Gasteiger partial charge in [0.15, 0.2) is 0 Å². The summed E-state index contributed by atoms with van der Waals surface area (Å²) in [5.74, 6) is 0. The van der Waals surface area contributed by atoms with Crippen molar-refractivity contribution in [1.29, 1.82) is 0 Å². The van der Waals surface area contributed by atoms with Gasteiger partial charge in [-0.25, -0.2) is 4.68 Å². The van der Waals surface area contributed by atoms with Gasteiger partial charge in [0, 0.05) is 16.2 Å². The fourth-order valence-electron chi connectivity index (χ4n) is 2.29. The van der Waals surface area contributed by atoms with Gasteiger partial charge in [-0.15, -0.1) is 0 Å². The largest absolute Gasteiger partial charge is 0.384 e. The maximum Gasteiger partial charge on any atom is 0.107 e. The monoisotopic (exact) mass is 342 g/mol. The van der Waals surface area contributed by atoms with E-state index in [2.05, 4.69) is 21.0 Å². The van der Waals surface area contributed by atoms with E-state index in [1.165, 1.54) is 0 Å². The number of nitrogens with zero attached hydrogens (tertiary/aromatic N) is 2. The predicted molar refractivity (Wildman–Crippen MR) is 86.5 cm³/mol. The minimum absolute atomic E-state index is 0.681. The van der Waals surface area contributed by atoms with Gasteiger partial charge in [0.1, 0.15) is 6.10 Å². The van der Waals surface area contributed by atoms with Gasteiger partial charge >= 0.3 is 0 Å². The lowest BCUT2D eigenvalue weighted by molar-refractivity contribution is 0.219. The summed E-state index contributed by atoms with van der Waals surface area (Å²) in [5.41, 5.74) is 3.69. The van der Waals surface area contributed by atoms with Crippen molar-refractivity contribution in [3.05, 3.63) is 82.1 Å². The second-order valence-corrected chi connectivity index (χ2v) is 5.87.